The molecule has 172 valence electrons. The monoisotopic (exact) mass is 561 g/mol. The number of hydrogen-bond acceptors (Lipinski definition) is 4. The van der Waals surface area contributed by atoms with E-state index in [2.05, 4.69) is 9.82 Å². The minimum atomic E-state index is -3.91. The number of sulfonamides is 1. The maximum atomic E-state index is 12.8. The van der Waals surface area contributed by atoms with Crippen LogP contribution in [0.4, 0.5) is 5.69 Å². The third-order valence-corrected chi connectivity index (χ3v) is 8.22. The lowest BCUT2D eigenvalue weighted by Crippen LogP contribution is -2.29. The van der Waals surface area contributed by atoms with Crippen molar-refractivity contribution in [1.29, 1.82) is 0 Å². The number of hydrazone groups is 1. The van der Waals surface area contributed by atoms with E-state index in [4.69, 9.17) is 58.0 Å². The van der Waals surface area contributed by atoms with Gasteiger partial charge < -0.3 is 0 Å². The van der Waals surface area contributed by atoms with Crippen LogP contribution in [0.3, 0.4) is 0 Å². The number of hydrogen-bond donors (Lipinski definition) is 1. The predicted octanol–water partition coefficient (Wildman–Crippen LogP) is 7.24. The molecule has 1 heterocycles. The lowest BCUT2D eigenvalue weighted by atomic mass is 10.0. The van der Waals surface area contributed by atoms with Gasteiger partial charge in [-0.25, -0.2) is 13.1 Å². The Balaban J connectivity index is 1.63. The molecular weight excluding hydrogens is 548 g/mol. The van der Waals surface area contributed by atoms with Crippen molar-refractivity contribution in [2.24, 2.45) is 5.10 Å². The summed E-state index contributed by atoms with van der Waals surface area (Å²) in [6.07, 6.45) is 0.465. The van der Waals surface area contributed by atoms with Crippen LogP contribution in [0, 0.1) is 0 Å². The first-order valence-corrected chi connectivity index (χ1v) is 13.0. The molecule has 0 saturated carbocycles. The Morgan fingerprint density at radius 1 is 0.909 bits per heavy atom. The summed E-state index contributed by atoms with van der Waals surface area (Å²) < 4.78 is 28.2. The van der Waals surface area contributed by atoms with Crippen molar-refractivity contribution in [3.63, 3.8) is 0 Å². The lowest BCUT2D eigenvalue weighted by molar-refractivity contribution is 0.586. The molecule has 0 fully saturated rings. The molecule has 3 aromatic carbocycles. The molecule has 0 spiro atoms. The molecule has 0 radical (unpaired) electrons. The molecule has 0 saturated heterocycles. The molecule has 1 N–H and O–H groups in total. The maximum Gasteiger partial charge on any atom is 0.242 e. The molecule has 0 aromatic heterocycles. The number of benzene rings is 3. The fourth-order valence-electron chi connectivity index (χ4n) is 3.46. The molecule has 1 aliphatic heterocycles. The molecule has 5 nitrogen and oxygen atoms in total. The van der Waals surface area contributed by atoms with E-state index in [0.29, 0.717) is 32.9 Å². The first-order chi connectivity index (χ1) is 15.7. The van der Waals surface area contributed by atoms with Gasteiger partial charge in [0.2, 0.25) is 10.0 Å². The van der Waals surface area contributed by atoms with Crippen LogP contribution < -0.4 is 9.73 Å². The summed E-state index contributed by atoms with van der Waals surface area (Å²) in [7, 11) is -3.91. The largest absolute Gasteiger partial charge is 0.256 e. The summed E-state index contributed by atoms with van der Waals surface area (Å²) in [5.74, 6) is 0. The van der Waals surface area contributed by atoms with Crippen molar-refractivity contribution in [2.45, 2.75) is 17.4 Å². The second-order valence-corrected chi connectivity index (χ2v) is 11.1. The second kappa shape index (κ2) is 10.0. The van der Waals surface area contributed by atoms with Gasteiger partial charge in [0.25, 0.3) is 0 Å². The van der Waals surface area contributed by atoms with Crippen molar-refractivity contribution in [3.8, 4) is 0 Å². The number of rotatable bonds is 6. The van der Waals surface area contributed by atoms with Crippen molar-refractivity contribution < 1.29 is 8.42 Å². The Bertz CT molecular complexity index is 1330. The SMILES string of the molecule is O=S(=O)(NCC1=NN(c2ccc(Cl)cc2Cl)C(c2ccc(Cl)cc2)C1)c1cccc(Cl)c1Cl. The van der Waals surface area contributed by atoms with E-state index in [9.17, 15) is 8.42 Å². The molecule has 33 heavy (non-hydrogen) atoms. The zero-order valence-corrected chi connectivity index (χ0v) is 21.4. The molecule has 0 amide bonds. The third kappa shape index (κ3) is 5.43. The fraction of sp³-hybridized carbons (Fsp3) is 0.136. The van der Waals surface area contributed by atoms with E-state index < -0.39 is 10.0 Å². The summed E-state index contributed by atoms with van der Waals surface area (Å²) in [6, 6.07) is 16.7. The minimum Gasteiger partial charge on any atom is -0.256 e. The Kier molecular flexibility index (Phi) is 7.46. The van der Waals surface area contributed by atoms with Crippen LogP contribution in [0.5, 0.6) is 0 Å². The molecule has 3 aromatic rings. The number of anilines is 1. The van der Waals surface area contributed by atoms with Gasteiger partial charge in [0.15, 0.2) is 0 Å². The Morgan fingerprint density at radius 2 is 1.61 bits per heavy atom. The summed E-state index contributed by atoms with van der Waals surface area (Å²) in [5, 5.41) is 8.09. The van der Waals surface area contributed by atoms with Gasteiger partial charge >= 0.3 is 0 Å². The third-order valence-electron chi connectivity index (χ3n) is 5.06. The molecule has 4 rings (SSSR count). The molecule has 1 aliphatic rings. The summed E-state index contributed by atoms with van der Waals surface area (Å²) in [5.41, 5.74) is 2.21. The van der Waals surface area contributed by atoms with Gasteiger partial charge in [-0.15, -0.1) is 0 Å². The highest BCUT2D eigenvalue weighted by Gasteiger charge is 2.31. The van der Waals surface area contributed by atoms with Gasteiger partial charge in [-0.05, 0) is 48.0 Å². The first-order valence-electron chi connectivity index (χ1n) is 9.65. The Morgan fingerprint density at radius 3 is 2.30 bits per heavy atom. The average Bonchev–Trinajstić information content (AvgIpc) is 3.19. The van der Waals surface area contributed by atoms with E-state index in [-0.39, 0.29) is 27.5 Å². The van der Waals surface area contributed by atoms with Crippen molar-refractivity contribution in [2.75, 3.05) is 11.6 Å². The summed E-state index contributed by atoms with van der Waals surface area (Å²) in [4.78, 5) is -0.0953. The molecule has 0 aliphatic carbocycles. The summed E-state index contributed by atoms with van der Waals surface area (Å²) >= 11 is 30.6. The molecular formula is C22H16Cl5N3O2S. The topological polar surface area (TPSA) is 61.8 Å². The van der Waals surface area contributed by atoms with Crippen molar-refractivity contribution in [1.82, 2.24) is 4.72 Å². The molecule has 11 heteroatoms. The van der Waals surface area contributed by atoms with Crippen LogP contribution in [-0.4, -0.2) is 20.7 Å². The van der Waals surface area contributed by atoms with E-state index >= 15 is 0 Å². The van der Waals surface area contributed by atoms with E-state index in [1.54, 1.807) is 35.3 Å². The van der Waals surface area contributed by atoms with Crippen LogP contribution in [0.2, 0.25) is 25.1 Å². The van der Waals surface area contributed by atoms with Crippen LogP contribution in [0.1, 0.15) is 18.0 Å². The highest BCUT2D eigenvalue weighted by atomic mass is 35.5. The number of nitrogens with one attached hydrogen (secondary N) is 1. The second-order valence-electron chi connectivity index (χ2n) is 7.25. The number of halogens is 5. The van der Waals surface area contributed by atoms with Gasteiger partial charge in [0.05, 0.1) is 39.1 Å². The first kappa shape index (κ1) is 24.6. The molecule has 0 bridgehead atoms. The van der Waals surface area contributed by atoms with Crippen molar-refractivity contribution in [3.05, 3.63) is 91.3 Å². The summed E-state index contributed by atoms with van der Waals surface area (Å²) in [6.45, 7) is -0.0169. The average molecular weight is 564 g/mol. The van der Waals surface area contributed by atoms with E-state index in [1.807, 2.05) is 12.1 Å². The van der Waals surface area contributed by atoms with Gasteiger partial charge in [0, 0.05) is 16.5 Å². The molecule has 1 unspecified atom stereocenters. The predicted molar refractivity (Wildman–Crippen MR) is 137 cm³/mol. The zero-order valence-electron chi connectivity index (χ0n) is 16.8. The normalized spacial score (nSPS) is 16.2. The smallest absolute Gasteiger partial charge is 0.242 e. The van der Waals surface area contributed by atoms with Gasteiger partial charge in [-0.1, -0.05) is 76.2 Å². The van der Waals surface area contributed by atoms with E-state index in [1.165, 1.54) is 18.2 Å². The quantitative estimate of drug-likeness (QED) is 0.344. The van der Waals surface area contributed by atoms with Crippen LogP contribution in [-0.2, 0) is 10.0 Å². The fourth-order valence-corrected chi connectivity index (χ4v) is 5.86. The standard InChI is InChI=1S/C22H16Cl5N3O2S/c23-14-6-4-13(5-7-14)20-11-16(29-30(20)19-9-8-15(24)10-18(19)26)12-28-33(31,32)21-3-1-2-17(25)22(21)27/h1-10,20,28H,11-12H2. The lowest BCUT2D eigenvalue weighted by Gasteiger charge is -2.25. The highest BCUT2D eigenvalue weighted by Crippen LogP contribution is 2.40. The Labute approximate surface area is 216 Å². The molecule has 1 atom stereocenters. The van der Waals surface area contributed by atoms with Gasteiger partial charge in [-0.2, -0.15) is 5.10 Å². The Hall–Kier alpha value is -1.51. The van der Waals surface area contributed by atoms with Crippen LogP contribution in [0.15, 0.2) is 70.7 Å². The minimum absolute atomic E-state index is 0.0169. The maximum absolute atomic E-state index is 12.8. The van der Waals surface area contributed by atoms with Crippen molar-refractivity contribution >= 4 is 79.4 Å². The highest BCUT2D eigenvalue weighted by molar-refractivity contribution is 7.89. The van der Waals surface area contributed by atoms with Crippen LogP contribution in [0.25, 0.3) is 0 Å². The van der Waals surface area contributed by atoms with E-state index in [0.717, 1.165) is 5.56 Å². The van der Waals surface area contributed by atoms with Crippen LogP contribution >= 0.6 is 58.0 Å². The zero-order chi connectivity index (χ0) is 23.8. The van der Waals surface area contributed by atoms with Gasteiger partial charge in [0.1, 0.15) is 4.90 Å². The number of nitrogens with zero attached hydrogens (tertiary/aromatic N) is 2. The van der Waals surface area contributed by atoms with Gasteiger partial charge in [-0.3, -0.25) is 5.01 Å².